The molecular weight excluding hydrogens is 286 g/mol. The topological polar surface area (TPSA) is 21.7 Å². The van der Waals surface area contributed by atoms with Gasteiger partial charge in [-0.2, -0.15) is 0 Å². The minimum absolute atomic E-state index is 0.750. The van der Waals surface area contributed by atoms with Gasteiger partial charge in [0.05, 0.1) is 19.8 Å². The molecule has 2 aromatic rings. The van der Waals surface area contributed by atoms with Crippen molar-refractivity contribution in [1.82, 2.24) is 4.90 Å². The fourth-order valence-electron chi connectivity index (χ4n) is 2.91. The summed E-state index contributed by atoms with van der Waals surface area (Å²) in [5.41, 5.74) is 3.64. The Morgan fingerprint density at radius 3 is 2.61 bits per heavy atom. The number of hydrogen-bond donors (Lipinski definition) is 0. The fourth-order valence-corrected chi connectivity index (χ4v) is 2.91. The van der Waals surface area contributed by atoms with E-state index in [1.165, 1.54) is 16.7 Å². The van der Waals surface area contributed by atoms with Gasteiger partial charge in [-0.3, -0.25) is 4.90 Å². The number of morpholine rings is 1. The maximum absolute atomic E-state index is 6.08. The smallest absolute Gasteiger partial charge is 0.127 e. The Labute approximate surface area is 138 Å². The van der Waals surface area contributed by atoms with Crippen molar-refractivity contribution in [3.8, 4) is 16.9 Å². The number of nitrogens with zero attached hydrogens (tertiary/aromatic N) is 1. The molecule has 0 N–H and O–H groups in total. The molecule has 0 atom stereocenters. The normalized spacial score (nSPS) is 15.5. The Balaban J connectivity index is 1.59. The number of aryl methyl sites for hydroxylation is 1. The third kappa shape index (κ3) is 4.57. The molecular formula is C20H25NO2. The zero-order valence-electron chi connectivity index (χ0n) is 13.8. The van der Waals surface area contributed by atoms with Crippen LogP contribution < -0.4 is 4.74 Å². The second kappa shape index (κ2) is 8.14. The lowest BCUT2D eigenvalue weighted by Crippen LogP contribution is -2.37. The maximum Gasteiger partial charge on any atom is 0.127 e. The largest absolute Gasteiger partial charge is 0.493 e. The molecule has 3 heteroatoms. The van der Waals surface area contributed by atoms with E-state index in [1.807, 2.05) is 6.07 Å². The van der Waals surface area contributed by atoms with E-state index in [-0.39, 0.29) is 0 Å². The van der Waals surface area contributed by atoms with Gasteiger partial charge in [0, 0.05) is 25.2 Å². The first-order valence-electron chi connectivity index (χ1n) is 8.42. The number of hydrogen-bond acceptors (Lipinski definition) is 3. The van der Waals surface area contributed by atoms with Gasteiger partial charge in [0.1, 0.15) is 5.75 Å². The van der Waals surface area contributed by atoms with E-state index in [1.54, 1.807) is 0 Å². The van der Waals surface area contributed by atoms with Crippen LogP contribution in [-0.4, -0.2) is 44.4 Å². The summed E-state index contributed by atoms with van der Waals surface area (Å²) >= 11 is 0. The van der Waals surface area contributed by atoms with Gasteiger partial charge in [0.2, 0.25) is 0 Å². The first-order chi connectivity index (χ1) is 11.3. The molecule has 0 amide bonds. The van der Waals surface area contributed by atoms with Gasteiger partial charge >= 0.3 is 0 Å². The highest BCUT2D eigenvalue weighted by molar-refractivity contribution is 5.71. The molecule has 2 aromatic carbocycles. The summed E-state index contributed by atoms with van der Waals surface area (Å²) in [5.74, 6) is 0.976. The molecule has 1 saturated heterocycles. The maximum atomic E-state index is 6.08. The molecule has 0 aromatic heterocycles. The van der Waals surface area contributed by atoms with E-state index in [0.29, 0.717) is 0 Å². The summed E-state index contributed by atoms with van der Waals surface area (Å²) in [7, 11) is 0. The van der Waals surface area contributed by atoms with Gasteiger partial charge in [-0.25, -0.2) is 0 Å². The van der Waals surface area contributed by atoms with Crippen LogP contribution in [0.5, 0.6) is 5.75 Å². The first-order valence-corrected chi connectivity index (χ1v) is 8.42. The third-order valence-corrected chi connectivity index (χ3v) is 4.20. The van der Waals surface area contributed by atoms with E-state index < -0.39 is 0 Å². The summed E-state index contributed by atoms with van der Waals surface area (Å²) in [6.07, 6.45) is 1.04. The Morgan fingerprint density at radius 1 is 1.04 bits per heavy atom. The van der Waals surface area contributed by atoms with Crippen molar-refractivity contribution in [2.24, 2.45) is 0 Å². The van der Waals surface area contributed by atoms with Crippen LogP contribution in [0.4, 0.5) is 0 Å². The lowest BCUT2D eigenvalue weighted by Gasteiger charge is -2.26. The summed E-state index contributed by atoms with van der Waals surface area (Å²) in [6.45, 7) is 7.75. The second-order valence-electron chi connectivity index (χ2n) is 6.02. The highest BCUT2D eigenvalue weighted by Crippen LogP contribution is 2.30. The summed E-state index contributed by atoms with van der Waals surface area (Å²) in [6, 6.07) is 16.9. The van der Waals surface area contributed by atoms with E-state index in [9.17, 15) is 0 Å². The molecule has 3 rings (SSSR count). The SMILES string of the molecule is Cc1ccc(OCCCN2CCOCC2)c(-c2ccccc2)c1. The highest BCUT2D eigenvalue weighted by atomic mass is 16.5. The molecule has 3 nitrogen and oxygen atoms in total. The van der Waals surface area contributed by atoms with Crippen molar-refractivity contribution in [2.75, 3.05) is 39.5 Å². The number of ether oxygens (including phenoxy) is 2. The van der Waals surface area contributed by atoms with Crippen LogP contribution >= 0.6 is 0 Å². The fraction of sp³-hybridized carbons (Fsp3) is 0.400. The van der Waals surface area contributed by atoms with Gasteiger partial charge in [-0.05, 0) is 31.0 Å². The van der Waals surface area contributed by atoms with Gasteiger partial charge in [0.25, 0.3) is 0 Å². The van der Waals surface area contributed by atoms with Crippen LogP contribution in [0, 0.1) is 6.92 Å². The minimum atomic E-state index is 0.750. The molecule has 0 spiro atoms. The van der Waals surface area contributed by atoms with Crippen LogP contribution in [-0.2, 0) is 4.74 Å². The predicted molar refractivity (Wildman–Crippen MR) is 94.0 cm³/mol. The molecule has 0 saturated carbocycles. The van der Waals surface area contributed by atoms with Crippen LogP contribution in [0.2, 0.25) is 0 Å². The summed E-state index contributed by atoms with van der Waals surface area (Å²) < 4.78 is 11.5. The molecule has 122 valence electrons. The number of rotatable bonds is 6. The van der Waals surface area contributed by atoms with Gasteiger partial charge in [-0.1, -0.05) is 42.0 Å². The van der Waals surface area contributed by atoms with Crippen molar-refractivity contribution in [1.29, 1.82) is 0 Å². The zero-order chi connectivity index (χ0) is 15.9. The molecule has 0 unspecified atom stereocenters. The summed E-state index contributed by atoms with van der Waals surface area (Å²) in [5, 5.41) is 0. The number of benzene rings is 2. The lowest BCUT2D eigenvalue weighted by atomic mass is 10.0. The van der Waals surface area contributed by atoms with Crippen molar-refractivity contribution in [3.05, 3.63) is 54.1 Å². The summed E-state index contributed by atoms with van der Waals surface area (Å²) in [4.78, 5) is 2.44. The van der Waals surface area contributed by atoms with Gasteiger partial charge in [0.15, 0.2) is 0 Å². The molecule has 1 aliphatic rings. The molecule has 23 heavy (non-hydrogen) atoms. The van der Waals surface area contributed by atoms with E-state index in [4.69, 9.17) is 9.47 Å². The van der Waals surface area contributed by atoms with Crippen molar-refractivity contribution < 1.29 is 9.47 Å². The standard InChI is InChI=1S/C20H25NO2/c1-17-8-9-20(19(16-17)18-6-3-2-4-7-18)23-13-5-10-21-11-14-22-15-12-21/h2-4,6-9,16H,5,10-15H2,1H3. The van der Waals surface area contributed by atoms with E-state index >= 15 is 0 Å². The Hall–Kier alpha value is -1.84. The monoisotopic (exact) mass is 311 g/mol. The average Bonchev–Trinajstić information content (AvgIpc) is 2.61. The van der Waals surface area contributed by atoms with Gasteiger partial charge in [-0.15, -0.1) is 0 Å². The highest BCUT2D eigenvalue weighted by Gasteiger charge is 2.10. The van der Waals surface area contributed by atoms with Crippen LogP contribution in [0.1, 0.15) is 12.0 Å². The Morgan fingerprint density at radius 2 is 1.83 bits per heavy atom. The van der Waals surface area contributed by atoms with E-state index in [0.717, 1.165) is 51.6 Å². The molecule has 1 aliphatic heterocycles. The van der Waals surface area contributed by atoms with Crippen LogP contribution in [0.15, 0.2) is 48.5 Å². The zero-order valence-corrected chi connectivity index (χ0v) is 13.8. The molecule has 0 radical (unpaired) electrons. The van der Waals surface area contributed by atoms with Crippen molar-refractivity contribution >= 4 is 0 Å². The molecule has 0 bridgehead atoms. The van der Waals surface area contributed by atoms with E-state index in [2.05, 4.69) is 54.3 Å². The van der Waals surface area contributed by atoms with Gasteiger partial charge < -0.3 is 9.47 Å². The van der Waals surface area contributed by atoms with Crippen LogP contribution in [0.25, 0.3) is 11.1 Å². The second-order valence-corrected chi connectivity index (χ2v) is 6.02. The Bertz CT molecular complexity index is 606. The van der Waals surface area contributed by atoms with Crippen LogP contribution in [0.3, 0.4) is 0 Å². The third-order valence-electron chi connectivity index (χ3n) is 4.20. The first kappa shape index (κ1) is 16.0. The lowest BCUT2D eigenvalue weighted by molar-refractivity contribution is 0.0358. The quantitative estimate of drug-likeness (QED) is 0.758. The molecule has 1 heterocycles. The molecule has 0 aliphatic carbocycles. The molecule has 1 fully saturated rings. The predicted octanol–water partition coefficient (Wildman–Crippen LogP) is 3.76. The average molecular weight is 311 g/mol. The van der Waals surface area contributed by atoms with Crippen molar-refractivity contribution in [2.45, 2.75) is 13.3 Å². The Kier molecular flexibility index (Phi) is 5.67. The minimum Gasteiger partial charge on any atom is -0.493 e. The van der Waals surface area contributed by atoms with Crippen molar-refractivity contribution in [3.63, 3.8) is 0 Å².